The smallest absolute Gasteiger partial charge is 0.0743 e. The fraction of sp³-hybridized carbons (Fsp3) is 0.133. The van der Waals surface area contributed by atoms with Gasteiger partial charge in [-0.3, -0.25) is 0 Å². The van der Waals surface area contributed by atoms with Crippen LogP contribution in [0.25, 0.3) is 0 Å². The van der Waals surface area contributed by atoms with Crippen LogP contribution in [-0.4, -0.2) is 7.11 Å². The summed E-state index contributed by atoms with van der Waals surface area (Å²) in [5.41, 5.74) is 1.20. The summed E-state index contributed by atoms with van der Waals surface area (Å²) in [5.74, 6) is 0.785. The van der Waals surface area contributed by atoms with Crippen molar-refractivity contribution in [2.75, 3.05) is 7.11 Å². The Kier molecular flexibility index (Phi) is 20.3. The van der Waals surface area contributed by atoms with Crippen molar-refractivity contribution in [2.24, 2.45) is 0 Å². The monoisotopic (exact) mass is 391 g/mol. The Bertz CT molecular complexity index is 363. The molecule has 0 fully saturated rings. The van der Waals surface area contributed by atoms with E-state index in [4.69, 9.17) is 4.74 Å². The molecule has 0 saturated heterocycles. The summed E-state index contributed by atoms with van der Waals surface area (Å²) in [6, 6.07) is 21.3. The summed E-state index contributed by atoms with van der Waals surface area (Å²) in [7, 11) is 1.63. The molecule has 2 rings (SSSR count). The molecule has 0 aliphatic heterocycles. The molecule has 0 amide bonds. The van der Waals surface area contributed by atoms with E-state index in [2.05, 4.69) is 12.1 Å². The van der Waals surface area contributed by atoms with Crippen molar-refractivity contribution >= 4 is 0 Å². The molecule has 0 spiro atoms. The van der Waals surface area contributed by atoms with Gasteiger partial charge in [0.1, 0.15) is 0 Å². The fourth-order valence-corrected chi connectivity index (χ4v) is 0.987. The van der Waals surface area contributed by atoms with Crippen LogP contribution in [0.1, 0.15) is 5.56 Å². The Labute approximate surface area is 161 Å². The molecule has 0 saturated carbocycles. The largest absolute Gasteiger partial charge is 0.523 e. The van der Waals surface area contributed by atoms with Crippen LogP contribution in [0.15, 0.2) is 48.5 Å². The molecule has 2 aromatic rings. The normalized spacial score (nSPS) is 7.22. The number of hydrogen-bond acceptors (Lipinski definition) is 1. The molecule has 0 aliphatic carbocycles. The topological polar surface area (TPSA) is 9.23 Å². The maximum atomic E-state index is 4.86. The first-order valence-corrected chi connectivity index (χ1v) is 4.77. The minimum absolute atomic E-state index is 0. The van der Waals surface area contributed by atoms with E-state index in [1.54, 1.807) is 7.11 Å². The Morgan fingerprint density at radius 3 is 1.67 bits per heavy atom. The molecule has 0 heterocycles. The number of rotatable bonds is 1. The van der Waals surface area contributed by atoms with Gasteiger partial charge in [-0.25, -0.2) is 0 Å². The van der Waals surface area contributed by atoms with E-state index in [1.165, 1.54) is 5.56 Å². The molecular weight excluding hydrogens is 374 g/mol. The van der Waals surface area contributed by atoms with Crippen LogP contribution in [0.4, 0.5) is 0 Å². The Hall–Kier alpha value is 0.448. The molecular formula is C15H17OY2-3. The standard InChI is InChI=1S/C7H7O.C7H7.CH3.2Y/c1-8-7-5-3-2-4-6-7;1-7-5-3-2-4-6-7;;;/h2-5H,1H3;2-5H,1H3;1H3;;/q3*-1;;. The van der Waals surface area contributed by atoms with Gasteiger partial charge in [-0.2, -0.15) is 54.1 Å². The second kappa shape index (κ2) is 15.5. The van der Waals surface area contributed by atoms with Gasteiger partial charge in [0.25, 0.3) is 0 Å². The number of benzene rings is 2. The zero-order valence-electron chi connectivity index (χ0n) is 11.2. The zero-order chi connectivity index (χ0) is 10.9. The van der Waals surface area contributed by atoms with Crippen LogP contribution in [0.3, 0.4) is 0 Å². The van der Waals surface area contributed by atoms with Crippen LogP contribution in [-0.2, 0) is 65.4 Å². The van der Waals surface area contributed by atoms with Crippen molar-refractivity contribution in [1.82, 2.24) is 0 Å². The van der Waals surface area contributed by atoms with Gasteiger partial charge in [-0.1, -0.05) is 6.92 Å². The molecule has 2 aromatic carbocycles. The molecule has 0 aliphatic rings. The van der Waals surface area contributed by atoms with Gasteiger partial charge in [-0.15, -0.1) is 12.1 Å². The van der Waals surface area contributed by atoms with Gasteiger partial charge < -0.3 is 12.2 Å². The summed E-state index contributed by atoms with van der Waals surface area (Å²) < 4.78 is 4.86. The predicted octanol–water partition coefficient (Wildman–Crippen LogP) is 3.74. The first kappa shape index (κ1) is 23.5. The number of ether oxygens (including phenoxy) is 1. The van der Waals surface area contributed by atoms with Crippen molar-refractivity contribution in [3.8, 4) is 5.75 Å². The molecule has 2 radical (unpaired) electrons. The molecule has 18 heavy (non-hydrogen) atoms. The third-order valence-corrected chi connectivity index (χ3v) is 1.77. The average molecular weight is 391 g/mol. The number of hydrogen-bond donors (Lipinski definition) is 0. The summed E-state index contributed by atoms with van der Waals surface area (Å²) >= 11 is 0. The van der Waals surface area contributed by atoms with Gasteiger partial charge >= 0.3 is 0 Å². The first-order valence-electron chi connectivity index (χ1n) is 4.77. The van der Waals surface area contributed by atoms with E-state index in [0.29, 0.717) is 0 Å². The van der Waals surface area contributed by atoms with Gasteiger partial charge in [0.15, 0.2) is 0 Å². The number of methoxy groups -OCH3 is 1. The minimum atomic E-state index is 0. The summed E-state index contributed by atoms with van der Waals surface area (Å²) in [4.78, 5) is 0. The summed E-state index contributed by atoms with van der Waals surface area (Å²) in [6.45, 7) is 2.03. The third kappa shape index (κ3) is 11.5. The average Bonchev–Trinajstić information content (AvgIpc) is 2.32. The van der Waals surface area contributed by atoms with Gasteiger partial charge in [0.05, 0.1) is 7.11 Å². The molecule has 92 valence electrons. The molecule has 0 aromatic heterocycles. The van der Waals surface area contributed by atoms with Crippen molar-refractivity contribution in [2.45, 2.75) is 6.92 Å². The second-order valence-electron chi connectivity index (χ2n) is 2.98. The van der Waals surface area contributed by atoms with E-state index in [0.717, 1.165) is 5.75 Å². The molecule has 0 atom stereocenters. The molecule has 0 unspecified atom stereocenters. The van der Waals surface area contributed by atoms with Gasteiger partial charge in [-0.05, 0) is 0 Å². The van der Waals surface area contributed by atoms with Crippen molar-refractivity contribution in [3.63, 3.8) is 0 Å². The Morgan fingerprint density at radius 1 is 0.889 bits per heavy atom. The van der Waals surface area contributed by atoms with Gasteiger partial charge in [0, 0.05) is 71.2 Å². The molecule has 1 nitrogen and oxygen atoms in total. The van der Waals surface area contributed by atoms with Crippen LogP contribution < -0.4 is 4.74 Å². The van der Waals surface area contributed by atoms with E-state index in [1.807, 2.05) is 55.5 Å². The maximum absolute atomic E-state index is 4.86. The molecule has 3 heteroatoms. The van der Waals surface area contributed by atoms with E-state index < -0.39 is 0 Å². The Morgan fingerprint density at radius 2 is 1.44 bits per heavy atom. The third-order valence-electron chi connectivity index (χ3n) is 1.77. The molecule has 0 bridgehead atoms. The Balaban J connectivity index is -0.000000215. The van der Waals surface area contributed by atoms with Crippen molar-refractivity contribution < 1.29 is 70.2 Å². The maximum Gasteiger partial charge on any atom is 0.0743 e. The van der Waals surface area contributed by atoms with E-state index in [-0.39, 0.29) is 72.8 Å². The summed E-state index contributed by atoms with van der Waals surface area (Å²) in [6.07, 6.45) is 0. The SMILES string of the molecule is COc1[c-]cccc1.Cc1[c-]cccc1.[CH3-].[Y].[Y]. The minimum Gasteiger partial charge on any atom is -0.523 e. The van der Waals surface area contributed by atoms with E-state index >= 15 is 0 Å². The summed E-state index contributed by atoms with van der Waals surface area (Å²) in [5, 5.41) is 0. The second-order valence-corrected chi connectivity index (χ2v) is 2.98. The molecule has 0 N–H and O–H groups in total. The van der Waals surface area contributed by atoms with Crippen LogP contribution in [0.5, 0.6) is 5.75 Å². The van der Waals surface area contributed by atoms with Crippen molar-refractivity contribution in [3.05, 3.63) is 73.7 Å². The van der Waals surface area contributed by atoms with E-state index in [9.17, 15) is 0 Å². The van der Waals surface area contributed by atoms with Crippen LogP contribution in [0, 0.1) is 26.5 Å². The fourth-order valence-electron chi connectivity index (χ4n) is 0.987. The number of aryl methyl sites for hydroxylation is 1. The first-order chi connectivity index (χ1) is 7.33. The van der Waals surface area contributed by atoms with Crippen LogP contribution >= 0.6 is 0 Å². The number of para-hydroxylation sites is 1. The van der Waals surface area contributed by atoms with Gasteiger partial charge in [0.2, 0.25) is 0 Å². The quantitative estimate of drug-likeness (QED) is 0.674. The predicted molar refractivity (Wildman–Crippen MR) is 68.3 cm³/mol. The van der Waals surface area contributed by atoms with Crippen LogP contribution in [0.2, 0.25) is 0 Å². The van der Waals surface area contributed by atoms with Crippen molar-refractivity contribution in [1.29, 1.82) is 0 Å². The zero-order valence-corrected chi connectivity index (χ0v) is 16.9.